The van der Waals surface area contributed by atoms with Crippen molar-refractivity contribution in [2.24, 2.45) is 0 Å². The van der Waals surface area contributed by atoms with Gasteiger partial charge < -0.3 is 29.5 Å². The number of hydrogen-bond donors (Lipinski definition) is 3. The van der Waals surface area contributed by atoms with Gasteiger partial charge in [-0.05, 0) is 0 Å². The van der Waals surface area contributed by atoms with Crippen LogP contribution in [0.5, 0.6) is 0 Å². The molecule has 0 aromatic rings. The molecular formula is C7H12O6. The fourth-order valence-corrected chi connectivity index (χ4v) is 1.54. The van der Waals surface area contributed by atoms with E-state index in [2.05, 4.69) is 0 Å². The molecule has 0 radical (unpaired) electrons. The number of rotatable bonds is 2. The van der Waals surface area contributed by atoms with Gasteiger partial charge >= 0.3 is 0 Å². The first-order valence-electron chi connectivity index (χ1n) is 4.06. The second kappa shape index (κ2) is 3.16. The Hall–Kier alpha value is -0.240. The Bertz CT molecular complexity index is 186. The van der Waals surface area contributed by atoms with Crippen molar-refractivity contribution in [1.29, 1.82) is 0 Å². The van der Waals surface area contributed by atoms with Gasteiger partial charge in [0.15, 0.2) is 6.79 Å². The van der Waals surface area contributed by atoms with Gasteiger partial charge in [-0.1, -0.05) is 0 Å². The van der Waals surface area contributed by atoms with Gasteiger partial charge in [0.25, 0.3) is 0 Å². The number of hydrogen-bond acceptors (Lipinski definition) is 6. The van der Waals surface area contributed by atoms with Crippen LogP contribution in [0.4, 0.5) is 0 Å². The van der Waals surface area contributed by atoms with Crippen LogP contribution in [0.25, 0.3) is 0 Å². The van der Waals surface area contributed by atoms with Gasteiger partial charge in [0.1, 0.15) is 24.9 Å². The lowest BCUT2D eigenvalue weighted by molar-refractivity contribution is -0.438. The predicted octanol–water partition coefficient (Wildman–Crippen LogP) is -2.20. The van der Waals surface area contributed by atoms with E-state index in [1.807, 2.05) is 0 Å². The van der Waals surface area contributed by atoms with Crippen molar-refractivity contribution < 1.29 is 29.5 Å². The number of aliphatic hydroxyl groups is 3. The zero-order chi connectivity index (χ0) is 9.47. The quantitative estimate of drug-likeness (QED) is 0.460. The van der Waals surface area contributed by atoms with Crippen molar-refractivity contribution in [3.05, 3.63) is 0 Å². The third-order valence-corrected chi connectivity index (χ3v) is 2.41. The van der Waals surface area contributed by atoms with E-state index in [-0.39, 0.29) is 13.4 Å². The van der Waals surface area contributed by atoms with Crippen LogP contribution in [0.1, 0.15) is 0 Å². The van der Waals surface area contributed by atoms with E-state index in [0.717, 1.165) is 0 Å². The molecule has 0 aromatic carbocycles. The standard InChI is InChI=1S/C7H12O6/c8-2-7(12-3-13-7)6-5(10)4(9)1-11-6/h4-6,8-10H,1-3H2/t4-,5+,6-/m0/s1. The molecule has 2 rings (SSSR count). The maximum Gasteiger partial charge on any atom is 0.225 e. The number of aliphatic hydroxyl groups excluding tert-OH is 3. The second-order valence-corrected chi connectivity index (χ2v) is 3.19. The molecule has 2 heterocycles. The van der Waals surface area contributed by atoms with Gasteiger partial charge in [-0.25, -0.2) is 0 Å². The van der Waals surface area contributed by atoms with E-state index in [9.17, 15) is 10.2 Å². The van der Waals surface area contributed by atoms with Crippen LogP contribution in [-0.4, -0.2) is 59.4 Å². The van der Waals surface area contributed by atoms with Crippen molar-refractivity contribution >= 4 is 0 Å². The van der Waals surface area contributed by atoms with Gasteiger partial charge in [0.05, 0.1) is 6.61 Å². The minimum Gasteiger partial charge on any atom is -0.391 e. The fraction of sp³-hybridized carbons (Fsp3) is 1.00. The molecule has 0 unspecified atom stereocenters. The molecule has 0 bridgehead atoms. The van der Waals surface area contributed by atoms with Gasteiger partial charge in [-0.15, -0.1) is 0 Å². The maximum absolute atomic E-state index is 9.44. The van der Waals surface area contributed by atoms with Crippen molar-refractivity contribution in [3.63, 3.8) is 0 Å². The summed E-state index contributed by atoms with van der Waals surface area (Å²) in [6.45, 7) is -0.301. The molecule has 0 aliphatic carbocycles. The molecule has 2 saturated heterocycles. The average molecular weight is 192 g/mol. The molecule has 13 heavy (non-hydrogen) atoms. The third kappa shape index (κ3) is 1.26. The van der Waals surface area contributed by atoms with Crippen molar-refractivity contribution in [1.82, 2.24) is 0 Å². The smallest absolute Gasteiger partial charge is 0.225 e. The van der Waals surface area contributed by atoms with Gasteiger partial charge in [-0.3, -0.25) is 0 Å². The molecule has 2 fully saturated rings. The van der Waals surface area contributed by atoms with E-state index in [4.69, 9.17) is 19.3 Å². The van der Waals surface area contributed by atoms with E-state index >= 15 is 0 Å². The first-order chi connectivity index (χ1) is 6.19. The van der Waals surface area contributed by atoms with Crippen LogP contribution < -0.4 is 0 Å². The molecule has 0 saturated carbocycles. The van der Waals surface area contributed by atoms with Crippen LogP contribution in [0, 0.1) is 0 Å². The van der Waals surface area contributed by atoms with Crippen LogP contribution in [0.15, 0.2) is 0 Å². The van der Waals surface area contributed by atoms with E-state index in [1.54, 1.807) is 0 Å². The molecule has 0 aromatic heterocycles. The van der Waals surface area contributed by atoms with Crippen molar-refractivity contribution in [2.45, 2.75) is 24.1 Å². The summed E-state index contributed by atoms with van der Waals surface area (Å²) in [4.78, 5) is 0. The molecule has 0 spiro atoms. The minimum atomic E-state index is -1.28. The second-order valence-electron chi connectivity index (χ2n) is 3.19. The normalized spacial score (nSPS) is 43.2. The van der Waals surface area contributed by atoms with E-state index in [0.29, 0.717) is 0 Å². The highest BCUT2D eigenvalue weighted by molar-refractivity contribution is 4.95. The molecule has 0 amide bonds. The van der Waals surface area contributed by atoms with Crippen LogP contribution in [-0.2, 0) is 14.2 Å². The summed E-state index contributed by atoms with van der Waals surface area (Å²) in [5.74, 6) is -1.28. The van der Waals surface area contributed by atoms with Crippen molar-refractivity contribution in [2.75, 3.05) is 20.0 Å². The summed E-state index contributed by atoms with van der Waals surface area (Å²) in [7, 11) is 0. The zero-order valence-electron chi connectivity index (χ0n) is 6.92. The summed E-state index contributed by atoms with van der Waals surface area (Å²) in [5, 5.41) is 27.6. The van der Waals surface area contributed by atoms with E-state index < -0.39 is 30.7 Å². The lowest BCUT2D eigenvalue weighted by Crippen LogP contribution is -2.62. The highest BCUT2D eigenvalue weighted by Gasteiger charge is 2.55. The van der Waals surface area contributed by atoms with Gasteiger partial charge in [0, 0.05) is 0 Å². The van der Waals surface area contributed by atoms with Crippen LogP contribution in [0.2, 0.25) is 0 Å². The Morgan fingerprint density at radius 2 is 2.00 bits per heavy atom. The SMILES string of the molecule is OCC1([C@H]2OC[C@H](O)[C@H]2O)OCO1. The van der Waals surface area contributed by atoms with Gasteiger partial charge in [-0.2, -0.15) is 0 Å². The summed E-state index contributed by atoms with van der Waals surface area (Å²) in [6, 6.07) is 0. The molecule has 2 aliphatic rings. The highest BCUT2D eigenvalue weighted by Crippen LogP contribution is 2.34. The summed E-state index contributed by atoms with van der Waals surface area (Å²) in [6.07, 6.45) is -2.84. The number of ether oxygens (including phenoxy) is 3. The highest BCUT2D eigenvalue weighted by atomic mass is 16.9. The Labute approximate surface area is 74.6 Å². The molecule has 3 atom stereocenters. The Kier molecular flexibility index (Phi) is 2.26. The summed E-state index contributed by atoms with van der Waals surface area (Å²) < 4.78 is 15.1. The predicted molar refractivity (Wildman–Crippen MR) is 38.6 cm³/mol. The summed E-state index contributed by atoms with van der Waals surface area (Å²) in [5.41, 5.74) is 0. The largest absolute Gasteiger partial charge is 0.391 e. The van der Waals surface area contributed by atoms with E-state index in [1.165, 1.54) is 0 Å². The molecule has 76 valence electrons. The Morgan fingerprint density at radius 1 is 1.31 bits per heavy atom. The fourth-order valence-electron chi connectivity index (χ4n) is 1.54. The lowest BCUT2D eigenvalue weighted by atomic mass is 10.0. The van der Waals surface area contributed by atoms with Crippen LogP contribution >= 0.6 is 0 Å². The maximum atomic E-state index is 9.44. The summed E-state index contributed by atoms with van der Waals surface area (Å²) >= 11 is 0. The monoisotopic (exact) mass is 192 g/mol. The first kappa shape index (κ1) is 9.32. The average Bonchev–Trinajstić information content (AvgIpc) is 2.35. The Morgan fingerprint density at radius 3 is 2.31 bits per heavy atom. The zero-order valence-corrected chi connectivity index (χ0v) is 6.92. The van der Waals surface area contributed by atoms with Crippen LogP contribution in [0.3, 0.4) is 0 Å². The first-order valence-corrected chi connectivity index (χ1v) is 4.06. The lowest BCUT2D eigenvalue weighted by Gasteiger charge is -2.44. The molecule has 6 nitrogen and oxygen atoms in total. The third-order valence-electron chi connectivity index (χ3n) is 2.41. The molecule has 3 N–H and O–H groups in total. The molecule has 6 heteroatoms. The molecule has 2 aliphatic heterocycles. The molecular weight excluding hydrogens is 180 g/mol. The Balaban J connectivity index is 2.07. The van der Waals surface area contributed by atoms with Crippen molar-refractivity contribution in [3.8, 4) is 0 Å². The topological polar surface area (TPSA) is 88.4 Å². The van der Waals surface area contributed by atoms with Gasteiger partial charge in [0.2, 0.25) is 5.79 Å². The minimum absolute atomic E-state index is 0.0281.